The molecular formula is C12H14N4O. The van der Waals surface area contributed by atoms with Crippen molar-refractivity contribution in [2.45, 2.75) is 13.5 Å². The maximum absolute atomic E-state index is 5.51. The van der Waals surface area contributed by atoms with Crippen LogP contribution in [0.1, 0.15) is 11.4 Å². The molecule has 88 valence electrons. The molecule has 2 aromatic heterocycles. The van der Waals surface area contributed by atoms with Crippen LogP contribution >= 0.6 is 0 Å². The zero-order chi connectivity index (χ0) is 12.1. The third-order valence-corrected chi connectivity index (χ3v) is 2.15. The average Bonchev–Trinajstić information content (AvgIpc) is 2.35. The third-order valence-electron chi connectivity index (χ3n) is 2.15. The minimum absolute atomic E-state index is 0.468. The van der Waals surface area contributed by atoms with Gasteiger partial charge in [0.1, 0.15) is 5.75 Å². The second-order valence-corrected chi connectivity index (χ2v) is 3.61. The number of nitrogens with zero attached hydrogens (tertiary/aromatic N) is 3. The molecule has 0 unspecified atom stereocenters. The largest absolute Gasteiger partial charge is 0.436 e. The molecule has 0 saturated heterocycles. The molecule has 0 atom stereocenters. The highest BCUT2D eigenvalue weighted by Crippen LogP contribution is 2.17. The summed E-state index contributed by atoms with van der Waals surface area (Å²) in [6, 6.07) is 3.74. The lowest BCUT2D eigenvalue weighted by atomic mass is 10.4. The number of ether oxygens (including phenoxy) is 1. The quantitative estimate of drug-likeness (QED) is 0.866. The lowest BCUT2D eigenvalue weighted by molar-refractivity contribution is 0.456. The molecule has 5 heteroatoms. The van der Waals surface area contributed by atoms with Crippen molar-refractivity contribution in [2.75, 3.05) is 7.05 Å². The van der Waals surface area contributed by atoms with Gasteiger partial charge in [0.05, 0.1) is 24.3 Å². The number of nitrogens with one attached hydrogen (secondary N) is 1. The molecule has 17 heavy (non-hydrogen) atoms. The maximum Gasteiger partial charge on any atom is 0.237 e. The third kappa shape index (κ3) is 3.22. The van der Waals surface area contributed by atoms with Crippen molar-refractivity contribution in [1.82, 2.24) is 20.3 Å². The lowest BCUT2D eigenvalue weighted by Gasteiger charge is -2.04. The van der Waals surface area contributed by atoms with E-state index in [0.717, 1.165) is 11.4 Å². The zero-order valence-corrected chi connectivity index (χ0v) is 9.84. The van der Waals surface area contributed by atoms with Gasteiger partial charge >= 0.3 is 0 Å². The molecule has 0 spiro atoms. The van der Waals surface area contributed by atoms with Gasteiger partial charge in [-0.05, 0) is 26.1 Å². The number of pyridine rings is 1. The van der Waals surface area contributed by atoms with Crippen LogP contribution < -0.4 is 10.1 Å². The Morgan fingerprint density at radius 1 is 1.12 bits per heavy atom. The number of aromatic nitrogens is 3. The molecular weight excluding hydrogens is 216 g/mol. The molecule has 0 fully saturated rings. The van der Waals surface area contributed by atoms with E-state index in [1.807, 2.05) is 26.1 Å². The molecule has 2 heterocycles. The van der Waals surface area contributed by atoms with Crippen molar-refractivity contribution in [2.24, 2.45) is 0 Å². The minimum atomic E-state index is 0.468. The number of aryl methyl sites for hydroxylation is 1. The molecule has 0 saturated carbocycles. The SMILES string of the molecule is CNCc1cnc(Oc2ccc(C)nc2)cn1. The highest BCUT2D eigenvalue weighted by molar-refractivity contribution is 5.23. The van der Waals surface area contributed by atoms with Gasteiger partial charge in [0.25, 0.3) is 0 Å². The fourth-order valence-corrected chi connectivity index (χ4v) is 1.30. The van der Waals surface area contributed by atoms with Gasteiger partial charge in [-0.25, -0.2) is 4.98 Å². The van der Waals surface area contributed by atoms with Crippen molar-refractivity contribution >= 4 is 0 Å². The van der Waals surface area contributed by atoms with Gasteiger partial charge in [0.15, 0.2) is 0 Å². The normalized spacial score (nSPS) is 10.2. The second kappa shape index (κ2) is 5.36. The Labute approximate surface area is 99.9 Å². The van der Waals surface area contributed by atoms with E-state index in [4.69, 9.17) is 4.74 Å². The molecule has 0 radical (unpaired) electrons. The minimum Gasteiger partial charge on any atom is -0.436 e. The molecule has 0 aliphatic heterocycles. The molecule has 0 amide bonds. The van der Waals surface area contributed by atoms with Gasteiger partial charge < -0.3 is 10.1 Å². The first-order valence-electron chi connectivity index (χ1n) is 5.34. The Morgan fingerprint density at radius 2 is 2.00 bits per heavy atom. The van der Waals surface area contributed by atoms with Crippen LogP contribution in [0.3, 0.4) is 0 Å². The standard InChI is InChI=1S/C12H14N4O/c1-9-3-4-11(7-14-9)17-12-8-15-10(5-13-2)6-16-12/h3-4,6-8,13H,5H2,1-2H3. The smallest absolute Gasteiger partial charge is 0.237 e. The first kappa shape index (κ1) is 11.5. The summed E-state index contributed by atoms with van der Waals surface area (Å²) in [7, 11) is 1.87. The first-order chi connectivity index (χ1) is 8.28. The van der Waals surface area contributed by atoms with E-state index in [-0.39, 0.29) is 0 Å². The Balaban J connectivity index is 2.05. The van der Waals surface area contributed by atoms with Crippen molar-refractivity contribution < 1.29 is 4.74 Å². The van der Waals surface area contributed by atoms with Crippen LogP contribution in [0.25, 0.3) is 0 Å². The van der Waals surface area contributed by atoms with Gasteiger partial charge in [-0.15, -0.1) is 0 Å². The van der Waals surface area contributed by atoms with E-state index < -0.39 is 0 Å². The van der Waals surface area contributed by atoms with Gasteiger partial charge in [0.2, 0.25) is 5.88 Å². The van der Waals surface area contributed by atoms with Crippen LogP contribution in [0, 0.1) is 6.92 Å². The fraction of sp³-hybridized carbons (Fsp3) is 0.250. The van der Waals surface area contributed by atoms with E-state index in [9.17, 15) is 0 Å². The summed E-state index contributed by atoms with van der Waals surface area (Å²) in [5.41, 5.74) is 1.83. The number of hydrogen-bond donors (Lipinski definition) is 1. The van der Waals surface area contributed by atoms with Crippen molar-refractivity contribution in [3.05, 3.63) is 42.1 Å². The summed E-state index contributed by atoms with van der Waals surface area (Å²) in [6.45, 7) is 2.62. The van der Waals surface area contributed by atoms with Crippen LogP contribution in [0.15, 0.2) is 30.7 Å². The molecule has 0 aliphatic rings. The summed E-state index contributed by atoms with van der Waals surface area (Å²) in [5.74, 6) is 1.13. The highest BCUT2D eigenvalue weighted by Gasteiger charge is 2.00. The second-order valence-electron chi connectivity index (χ2n) is 3.61. The molecule has 5 nitrogen and oxygen atoms in total. The van der Waals surface area contributed by atoms with Crippen LogP contribution in [-0.2, 0) is 6.54 Å². The Morgan fingerprint density at radius 3 is 2.59 bits per heavy atom. The van der Waals surface area contributed by atoms with E-state index >= 15 is 0 Å². The van der Waals surface area contributed by atoms with Crippen molar-refractivity contribution in [3.8, 4) is 11.6 Å². The predicted octanol–water partition coefficient (Wildman–Crippen LogP) is 1.69. The summed E-state index contributed by atoms with van der Waals surface area (Å²) < 4.78 is 5.51. The molecule has 0 aromatic carbocycles. The van der Waals surface area contributed by atoms with Crippen LogP contribution in [0.2, 0.25) is 0 Å². The number of rotatable bonds is 4. The van der Waals surface area contributed by atoms with E-state index in [1.165, 1.54) is 0 Å². The van der Waals surface area contributed by atoms with Crippen molar-refractivity contribution in [3.63, 3.8) is 0 Å². The molecule has 0 aliphatic carbocycles. The van der Waals surface area contributed by atoms with Gasteiger partial charge in [-0.2, -0.15) is 0 Å². The summed E-state index contributed by atoms with van der Waals surface area (Å²) >= 11 is 0. The molecule has 2 aromatic rings. The monoisotopic (exact) mass is 230 g/mol. The topological polar surface area (TPSA) is 59.9 Å². The van der Waals surface area contributed by atoms with Crippen LogP contribution in [0.4, 0.5) is 0 Å². The summed E-state index contributed by atoms with van der Waals surface area (Å²) in [5, 5.41) is 3.01. The van der Waals surface area contributed by atoms with E-state index in [0.29, 0.717) is 18.2 Å². The summed E-state index contributed by atoms with van der Waals surface area (Å²) in [4.78, 5) is 12.5. The Kier molecular flexibility index (Phi) is 3.62. The molecule has 1 N–H and O–H groups in total. The van der Waals surface area contributed by atoms with E-state index in [1.54, 1.807) is 18.6 Å². The average molecular weight is 230 g/mol. The Hall–Kier alpha value is -2.01. The first-order valence-corrected chi connectivity index (χ1v) is 5.34. The van der Waals surface area contributed by atoms with Crippen molar-refractivity contribution in [1.29, 1.82) is 0 Å². The van der Waals surface area contributed by atoms with E-state index in [2.05, 4.69) is 20.3 Å². The number of hydrogen-bond acceptors (Lipinski definition) is 5. The van der Waals surface area contributed by atoms with Crippen LogP contribution in [-0.4, -0.2) is 22.0 Å². The highest BCUT2D eigenvalue weighted by atomic mass is 16.5. The summed E-state index contributed by atoms with van der Waals surface area (Å²) in [6.07, 6.45) is 4.96. The van der Waals surface area contributed by atoms with Gasteiger partial charge in [-0.3, -0.25) is 9.97 Å². The fourth-order valence-electron chi connectivity index (χ4n) is 1.30. The predicted molar refractivity (Wildman–Crippen MR) is 63.8 cm³/mol. The van der Waals surface area contributed by atoms with Gasteiger partial charge in [-0.1, -0.05) is 0 Å². The van der Waals surface area contributed by atoms with Crippen LogP contribution in [0.5, 0.6) is 11.6 Å². The van der Waals surface area contributed by atoms with Gasteiger partial charge in [0, 0.05) is 12.2 Å². The Bertz CT molecular complexity index is 467. The lowest BCUT2D eigenvalue weighted by Crippen LogP contribution is -2.07. The molecule has 0 bridgehead atoms. The maximum atomic E-state index is 5.51. The zero-order valence-electron chi connectivity index (χ0n) is 9.84. The molecule has 2 rings (SSSR count).